The Morgan fingerprint density at radius 1 is 1.44 bits per heavy atom. The van der Waals surface area contributed by atoms with E-state index in [1.165, 1.54) is 12.8 Å². The highest BCUT2D eigenvalue weighted by atomic mass is 16.3. The molecule has 1 aromatic rings. The Labute approximate surface area is 96.2 Å². The highest BCUT2D eigenvalue weighted by molar-refractivity contribution is 5.89. The van der Waals surface area contributed by atoms with E-state index in [-0.39, 0.29) is 5.76 Å². The molecule has 0 aliphatic heterocycles. The second-order valence-electron chi connectivity index (χ2n) is 3.94. The van der Waals surface area contributed by atoms with Crippen molar-refractivity contribution in [2.24, 2.45) is 11.7 Å². The third kappa shape index (κ3) is 3.70. The first kappa shape index (κ1) is 12.8. The van der Waals surface area contributed by atoms with Crippen LogP contribution in [0.3, 0.4) is 0 Å². The lowest BCUT2D eigenvalue weighted by Crippen LogP contribution is -2.21. The van der Waals surface area contributed by atoms with Gasteiger partial charge in [0.05, 0.1) is 6.54 Å². The summed E-state index contributed by atoms with van der Waals surface area (Å²) in [6.07, 6.45) is 2.35. The van der Waals surface area contributed by atoms with E-state index in [9.17, 15) is 4.79 Å². The van der Waals surface area contributed by atoms with Crippen LogP contribution in [0.1, 0.15) is 43.0 Å². The molecule has 0 bridgehead atoms. The molecule has 90 valence electrons. The van der Waals surface area contributed by atoms with Crippen molar-refractivity contribution in [3.63, 3.8) is 0 Å². The lowest BCUT2D eigenvalue weighted by molar-refractivity contribution is 0.0972. The standard InChI is InChI=1S/C12H20N2O2/c1-3-9(4-2)7-14-8-10-5-6-11(16-10)12(13)15/h5-6,9,14H,3-4,7-8H2,1-2H3,(H2,13,15). The third-order valence-corrected chi connectivity index (χ3v) is 2.79. The summed E-state index contributed by atoms with van der Waals surface area (Å²) in [6.45, 7) is 5.99. The SMILES string of the molecule is CCC(CC)CNCc1ccc(C(N)=O)o1. The Kier molecular flexibility index (Phi) is 5.05. The van der Waals surface area contributed by atoms with Gasteiger partial charge in [-0.25, -0.2) is 0 Å². The zero-order chi connectivity index (χ0) is 12.0. The van der Waals surface area contributed by atoms with Gasteiger partial charge in [-0.3, -0.25) is 4.79 Å². The zero-order valence-electron chi connectivity index (χ0n) is 9.95. The van der Waals surface area contributed by atoms with Crippen molar-refractivity contribution in [2.45, 2.75) is 33.2 Å². The summed E-state index contributed by atoms with van der Waals surface area (Å²) in [4.78, 5) is 10.8. The summed E-state index contributed by atoms with van der Waals surface area (Å²) in [6, 6.07) is 3.39. The van der Waals surface area contributed by atoms with Crippen molar-refractivity contribution >= 4 is 5.91 Å². The van der Waals surface area contributed by atoms with Crippen molar-refractivity contribution < 1.29 is 9.21 Å². The average molecular weight is 224 g/mol. The van der Waals surface area contributed by atoms with Gasteiger partial charge in [-0.2, -0.15) is 0 Å². The van der Waals surface area contributed by atoms with Crippen LogP contribution in [0, 0.1) is 5.92 Å². The van der Waals surface area contributed by atoms with Crippen molar-refractivity contribution in [3.05, 3.63) is 23.7 Å². The molecular weight excluding hydrogens is 204 g/mol. The molecule has 0 aliphatic rings. The van der Waals surface area contributed by atoms with Gasteiger partial charge in [0.1, 0.15) is 5.76 Å². The van der Waals surface area contributed by atoms with E-state index in [1.54, 1.807) is 12.1 Å². The van der Waals surface area contributed by atoms with E-state index < -0.39 is 5.91 Å². The lowest BCUT2D eigenvalue weighted by Gasteiger charge is -2.12. The van der Waals surface area contributed by atoms with E-state index in [1.807, 2.05) is 0 Å². The molecule has 4 nitrogen and oxygen atoms in total. The van der Waals surface area contributed by atoms with Crippen molar-refractivity contribution in [2.75, 3.05) is 6.54 Å². The fraction of sp³-hybridized carbons (Fsp3) is 0.583. The first-order valence-electron chi connectivity index (χ1n) is 5.76. The Balaban J connectivity index is 2.34. The minimum absolute atomic E-state index is 0.222. The number of primary amides is 1. The molecular formula is C12H20N2O2. The molecule has 3 N–H and O–H groups in total. The molecule has 0 saturated carbocycles. The topological polar surface area (TPSA) is 68.3 Å². The molecule has 0 atom stereocenters. The first-order valence-corrected chi connectivity index (χ1v) is 5.76. The number of hydrogen-bond acceptors (Lipinski definition) is 3. The van der Waals surface area contributed by atoms with Gasteiger partial charge in [0.15, 0.2) is 5.76 Å². The van der Waals surface area contributed by atoms with Crippen molar-refractivity contribution in [1.29, 1.82) is 0 Å². The van der Waals surface area contributed by atoms with Gasteiger partial charge >= 0.3 is 0 Å². The lowest BCUT2D eigenvalue weighted by atomic mass is 10.0. The molecule has 0 radical (unpaired) electrons. The smallest absolute Gasteiger partial charge is 0.284 e. The normalized spacial score (nSPS) is 10.9. The van der Waals surface area contributed by atoms with Crippen LogP contribution < -0.4 is 11.1 Å². The van der Waals surface area contributed by atoms with Gasteiger partial charge < -0.3 is 15.5 Å². The number of carbonyl (C=O) groups is 1. The van der Waals surface area contributed by atoms with Crippen molar-refractivity contribution in [3.8, 4) is 0 Å². The summed E-state index contributed by atoms with van der Waals surface area (Å²) in [5.74, 6) is 1.15. The Morgan fingerprint density at radius 2 is 2.12 bits per heavy atom. The first-order chi connectivity index (χ1) is 7.67. The van der Waals surface area contributed by atoms with E-state index in [0.717, 1.165) is 12.3 Å². The Morgan fingerprint density at radius 3 is 2.62 bits per heavy atom. The van der Waals surface area contributed by atoms with E-state index >= 15 is 0 Å². The molecule has 0 saturated heterocycles. The number of nitrogens with two attached hydrogens (primary N) is 1. The minimum Gasteiger partial charge on any atom is -0.455 e. The highest BCUT2D eigenvalue weighted by Crippen LogP contribution is 2.08. The number of furan rings is 1. The van der Waals surface area contributed by atoms with Crippen LogP contribution in [0.5, 0.6) is 0 Å². The molecule has 4 heteroatoms. The van der Waals surface area contributed by atoms with Gasteiger partial charge in [-0.15, -0.1) is 0 Å². The second kappa shape index (κ2) is 6.33. The minimum atomic E-state index is -0.522. The Hall–Kier alpha value is -1.29. The molecule has 0 fully saturated rings. The van der Waals surface area contributed by atoms with Gasteiger partial charge in [0, 0.05) is 0 Å². The van der Waals surface area contributed by atoms with Gasteiger partial charge in [0.2, 0.25) is 0 Å². The number of nitrogens with one attached hydrogen (secondary N) is 1. The number of hydrogen-bond donors (Lipinski definition) is 2. The maximum absolute atomic E-state index is 10.8. The molecule has 1 heterocycles. The fourth-order valence-electron chi connectivity index (χ4n) is 1.58. The largest absolute Gasteiger partial charge is 0.455 e. The van der Waals surface area contributed by atoms with Gasteiger partial charge in [-0.05, 0) is 24.6 Å². The molecule has 1 aromatic heterocycles. The number of amides is 1. The number of rotatable bonds is 7. The predicted molar refractivity (Wildman–Crippen MR) is 63.0 cm³/mol. The maximum Gasteiger partial charge on any atom is 0.284 e. The highest BCUT2D eigenvalue weighted by Gasteiger charge is 2.07. The molecule has 16 heavy (non-hydrogen) atoms. The summed E-state index contributed by atoms with van der Waals surface area (Å²) >= 11 is 0. The quantitative estimate of drug-likeness (QED) is 0.743. The molecule has 0 aromatic carbocycles. The summed E-state index contributed by atoms with van der Waals surface area (Å²) in [7, 11) is 0. The van der Waals surface area contributed by atoms with Crippen LogP contribution in [0.15, 0.2) is 16.5 Å². The van der Waals surface area contributed by atoms with E-state index in [2.05, 4.69) is 19.2 Å². The molecule has 1 rings (SSSR count). The second-order valence-corrected chi connectivity index (χ2v) is 3.94. The predicted octanol–water partition coefficient (Wildman–Crippen LogP) is 1.90. The van der Waals surface area contributed by atoms with Crippen LogP contribution in [0.4, 0.5) is 0 Å². The van der Waals surface area contributed by atoms with Crippen LogP contribution in [-0.4, -0.2) is 12.5 Å². The molecule has 0 aliphatic carbocycles. The molecule has 0 spiro atoms. The van der Waals surface area contributed by atoms with Crippen LogP contribution in [-0.2, 0) is 6.54 Å². The van der Waals surface area contributed by atoms with Crippen LogP contribution in [0.25, 0.3) is 0 Å². The van der Waals surface area contributed by atoms with Gasteiger partial charge in [-0.1, -0.05) is 26.7 Å². The summed E-state index contributed by atoms with van der Waals surface area (Å²) in [5, 5.41) is 3.31. The third-order valence-electron chi connectivity index (χ3n) is 2.79. The van der Waals surface area contributed by atoms with E-state index in [4.69, 9.17) is 10.2 Å². The summed E-state index contributed by atoms with van der Waals surface area (Å²) in [5.41, 5.74) is 5.09. The van der Waals surface area contributed by atoms with E-state index in [0.29, 0.717) is 12.5 Å². The number of carbonyl (C=O) groups excluding carboxylic acids is 1. The monoisotopic (exact) mass is 224 g/mol. The average Bonchev–Trinajstić information content (AvgIpc) is 2.73. The van der Waals surface area contributed by atoms with Crippen molar-refractivity contribution in [1.82, 2.24) is 5.32 Å². The van der Waals surface area contributed by atoms with Crippen LogP contribution >= 0.6 is 0 Å². The zero-order valence-corrected chi connectivity index (χ0v) is 9.95. The maximum atomic E-state index is 10.8. The van der Waals surface area contributed by atoms with Crippen LogP contribution in [0.2, 0.25) is 0 Å². The fourth-order valence-corrected chi connectivity index (χ4v) is 1.58. The summed E-state index contributed by atoms with van der Waals surface area (Å²) < 4.78 is 5.26. The molecule has 1 amide bonds. The Bertz CT molecular complexity index is 330. The van der Waals surface area contributed by atoms with Gasteiger partial charge in [0.25, 0.3) is 5.91 Å². The molecule has 0 unspecified atom stereocenters.